The highest BCUT2D eigenvalue weighted by Crippen LogP contribution is 2.40. The summed E-state index contributed by atoms with van der Waals surface area (Å²) in [5.41, 5.74) is 0.116. The molecule has 0 aromatic heterocycles. The molecule has 1 aliphatic heterocycles. The molecule has 0 fully saturated rings. The first-order chi connectivity index (χ1) is 13.3. The van der Waals surface area contributed by atoms with E-state index in [1.807, 2.05) is 0 Å². The maximum atomic E-state index is 12.7. The van der Waals surface area contributed by atoms with Gasteiger partial charge in [-0.1, -0.05) is 12.2 Å². The normalized spacial score (nSPS) is 25.2. The Morgan fingerprint density at radius 1 is 1.18 bits per heavy atom. The number of phenols is 1. The lowest BCUT2D eigenvalue weighted by Gasteiger charge is -2.20. The summed E-state index contributed by atoms with van der Waals surface area (Å²) in [6.45, 7) is 1.67. The molecule has 8 heteroatoms. The van der Waals surface area contributed by atoms with Crippen LogP contribution in [0.4, 0.5) is 0 Å². The van der Waals surface area contributed by atoms with Gasteiger partial charge in [-0.15, -0.1) is 0 Å². The van der Waals surface area contributed by atoms with E-state index in [1.54, 1.807) is 6.92 Å². The van der Waals surface area contributed by atoms with Crippen molar-refractivity contribution < 1.29 is 39.1 Å². The number of aromatic hydroxyl groups is 1. The third kappa shape index (κ3) is 4.82. The summed E-state index contributed by atoms with van der Waals surface area (Å²) >= 11 is 0. The van der Waals surface area contributed by atoms with Crippen LogP contribution in [0.1, 0.15) is 48.5 Å². The number of phenolic OH excluding ortho intramolecular Hbond substituents is 1. The number of cyclic esters (lactones) is 1. The molecule has 154 valence electrons. The van der Waals surface area contributed by atoms with E-state index < -0.39 is 30.1 Å². The molecule has 0 saturated heterocycles. The van der Waals surface area contributed by atoms with Crippen LogP contribution in [0, 0.1) is 0 Å². The van der Waals surface area contributed by atoms with Crippen LogP contribution >= 0.6 is 0 Å². The van der Waals surface area contributed by atoms with Crippen LogP contribution in [-0.2, 0) is 9.53 Å². The fraction of sp³-hybridized carbons (Fsp3) is 0.500. The number of ketones is 1. The van der Waals surface area contributed by atoms with Gasteiger partial charge in [0.15, 0.2) is 17.3 Å². The minimum absolute atomic E-state index is 0.0427. The number of hydrogen-bond donors (Lipinski definition) is 3. The Kier molecular flexibility index (Phi) is 7.42. The van der Waals surface area contributed by atoms with E-state index in [-0.39, 0.29) is 41.2 Å². The minimum atomic E-state index is -1.49. The van der Waals surface area contributed by atoms with E-state index in [1.165, 1.54) is 32.4 Å². The second-order valence-electron chi connectivity index (χ2n) is 6.64. The number of ether oxygens (including phenoxy) is 3. The molecule has 0 amide bonds. The highest BCUT2D eigenvalue weighted by Gasteiger charge is 2.27. The van der Waals surface area contributed by atoms with Gasteiger partial charge >= 0.3 is 5.97 Å². The van der Waals surface area contributed by atoms with Gasteiger partial charge in [0.25, 0.3) is 0 Å². The first-order valence-electron chi connectivity index (χ1n) is 9.04. The number of rotatable bonds is 2. The molecule has 1 aromatic rings. The van der Waals surface area contributed by atoms with Crippen LogP contribution in [-0.4, -0.2) is 59.6 Å². The number of benzene rings is 1. The smallest absolute Gasteiger partial charge is 0.342 e. The second kappa shape index (κ2) is 9.57. The molecule has 0 unspecified atom stereocenters. The van der Waals surface area contributed by atoms with E-state index in [9.17, 15) is 24.9 Å². The number of fused-ring (bicyclic) bond motifs is 1. The van der Waals surface area contributed by atoms with Crippen LogP contribution in [0.2, 0.25) is 0 Å². The molecular weight excluding hydrogens is 368 g/mol. The molecular formula is C20H26O8. The summed E-state index contributed by atoms with van der Waals surface area (Å²) in [5, 5.41) is 30.4. The maximum absolute atomic E-state index is 12.7. The van der Waals surface area contributed by atoms with E-state index in [2.05, 4.69) is 0 Å². The van der Waals surface area contributed by atoms with Gasteiger partial charge in [-0.05, 0) is 26.2 Å². The summed E-state index contributed by atoms with van der Waals surface area (Å²) in [6.07, 6.45) is 0.426. The highest BCUT2D eigenvalue weighted by atomic mass is 16.5. The van der Waals surface area contributed by atoms with Crippen molar-refractivity contribution in [3.63, 3.8) is 0 Å². The summed E-state index contributed by atoms with van der Waals surface area (Å²) < 4.78 is 15.9. The van der Waals surface area contributed by atoms with Crippen LogP contribution < -0.4 is 9.47 Å². The standard InChI is InChI=1S/C20H26O8/c1-11-6-4-8-13(21)18(24)14(22)9-5-7-12-17(20(25)28-11)15(23)10-16(26-2)19(12)27-3/h5,7,10-11,14,18,22-24H,4,6,8-9H2,1-3H3/b7-5-/t11-,14-,18+/m0/s1. The van der Waals surface area contributed by atoms with Gasteiger partial charge in [0, 0.05) is 18.1 Å². The Hall–Kier alpha value is -2.58. The fourth-order valence-electron chi connectivity index (χ4n) is 3.06. The minimum Gasteiger partial charge on any atom is -0.507 e. The lowest BCUT2D eigenvalue weighted by atomic mass is 9.99. The zero-order valence-electron chi connectivity index (χ0n) is 16.2. The molecule has 2 rings (SSSR count). The molecule has 0 radical (unpaired) electrons. The van der Waals surface area contributed by atoms with Crippen molar-refractivity contribution in [2.45, 2.75) is 50.9 Å². The number of hydrogen-bond acceptors (Lipinski definition) is 8. The van der Waals surface area contributed by atoms with Gasteiger partial charge in [-0.3, -0.25) is 4.79 Å². The summed E-state index contributed by atoms with van der Waals surface area (Å²) in [4.78, 5) is 24.7. The summed E-state index contributed by atoms with van der Waals surface area (Å²) in [7, 11) is 2.78. The van der Waals surface area contributed by atoms with Crippen molar-refractivity contribution in [2.24, 2.45) is 0 Å². The second-order valence-corrected chi connectivity index (χ2v) is 6.64. The first kappa shape index (κ1) is 21.7. The van der Waals surface area contributed by atoms with Crippen LogP contribution in [0.15, 0.2) is 12.1 Å². The quantitative estimate of drug-likeness (QED) is 0.650. The van der Waals surface area contributed by atoms with Gasteiger partial charge in [0.2, 0.25) is 0 Å². The Balaban J connectivity index is 2.55. The molecule has 8 nitrogen and oxygen atoms in total. The molecule has 0 saturated carbocycles. The number of esters is 1. The maximum Gasteiger partial charge on any atom is 0.342 e. The molecule has 3 atom stereocenters. The Bertz CT molecular complexity index is 755. The van der Waals surface area contributed by atoms with E-state index >= 15 is 0 Å². The molecule has 0 bridgehead atoms. The molecule has 1 aromatic carbocycles. The molecule has 1 heterocycles. The molecule has 1 aliphatic rings. The molecule has 0 spiro atoms. The monoisotopic (exact) mass is 394 g/mol. The summed E-state index contributed by atoms with van der Waals surface area (Å²) in [5.74, 6) is -1.13. The predicted octanol–water partition coefficient (Wildman–Crippen LogP) is 1.83. The molecule has 3 N–H and O–H groups in total. The zero-order chi connectivity index (χ0) is 20.8. The summed E-state index contributed by atoms with van der Waals surface area (Å²) in [6, 6.07) is 1.26. The average molecular weight is 394 g/mol. The molecule has 28 heavy (non-hydrogen) atoms. The number of aliphatic hydroxyl groups excluding tert-OH is 2. The Morgan fingerprint density at radius 3 is 2.54 bits per heavy atom. The third-order valence-corrected chi connectivity index (χ3v) is 4.59. The Morgan fingerprint density at radius 2 is 1.89 bits per heavy atom. The van der Waals surface area contributed by atoms with Crippen molar-refractivity contribution in [3.05, 3.63) is 23.3 Å². The zero-order valence-corrected chi connectivity index (χ0v) is 16.2. The van der Waals surface area contributed by atoms with Gasteiger partial charge in [0.1, 0.15) is 17.4 Å². The number of carbonyl (C=O) groups excluding carboxylic acids is 2. The number of methoxy groups -OCH3 is 2. The number of carbonyl (C=O) groups is 2. The van der Waals surface area contributed by atoms with Crippen LogP contribution in [0.3, 0.4) is 0 Å². The van der Waals surface area contributed by atoms with Crippen molar-refractivity contribution in [1.29, 1.82) is 0 Å². The topological polar surface area (TPSA) is 123 Å². The Labute approximate surface area is 163 Å². The fourth-order valence-corrected chi connectivity index (χ4v) is 3.06. The van der Waals surface area contributed by atoms with Crippen molar-refractivity contribution in [1.82, 2.24) is 0 Å². The van der Waals surface area contributed by atoms with Crippen LogP contribution in [0.25, 0.3) is 6.08 Å². The largest absolute Gasteiger partial charge is 0.507 e. The van der Waals surface area contributed by atoms with Gasteiger partial charge in [-0.25, -0.2) is 4.79 Å². The van der Waals surface area contributed by atoms with Gasteiger partial charge < -0.3 is 29.5 Å². The van der Waals surface area contributed by atoms with Crippen molar-refractivity contribution in [2.75, 3.05) is 14.2 Å². The van der Waals surface area contributed by atoms with E-state index in [0.717, 1.165) is 0 Å². The van der Waals surface area contributed by atoms with E-state index in [4.69, 9.17) is 14.2 Å². The van der Waals surface area contributed by atoms with Crippen molar-refractivity contribution in [3.8, 4) is 17.2 Å². The molecule has 0 aliphatic carbocycles. The lowest BCUT2D eigenvalue weighted by molar-refractivity contribution is -0.132. The highest BCUT2D eigenvalue weighted by molar-refractivity contribution is 5.98. The number of Topliss-reactive ketones (excluding diaryl/α,β-unsaturated/α-hetero) is 1. The number of aliphatic hydroxyl groups is 2. The van der Waals surface area contributed by atoms with E-state index in [0.29, 0.717) is 12.8 Å². The van der Waals surface area contributed by atoms with Gasteiger partial charge in [0.05, 0.1) is 26.4 Å². The van der Waals surface area contributed by atoms with Crippen molar-refractivity contribution >= 4 is 17.8 Å². The van der Waals surface area contributed by atoms with Crippen LogP contribution in [0.5, 0.6) is 17.2 Å². The van der Waals surface area contributed by atoms with Gasteiger partial charge in [-0.2, -0.15) is 0 Å². The SMILES string of the molecule is COc1cc(O)c2c(c1OC)/C=C\C[C@H](O)[C@H](O)C(=O)CCC[C@H](C)OC2=O. The first-order valence-corrected chi connectivity index (χ1v) is 9.04. The predicted molar refractivity (Wildman–Crippen MR) is 101 cm³/mol. The lowest BCUT2D eigenvalue weighted by Crippen LogP contribution is -2.33. The average Bonchev–Trinajstić information content (AvgIpc) is 2.65. The third-order valence-electron chi connectivity index (χ3n) is 4.59.